The van der Waals surface area contributed by atoms with E-state index in [9.17, 15) is 4.79 Å². The molecule has 154 valence electrons. The van der Waals surface area contributed by atoms with Crippen molar-refractivity contribution in [3.8, 4) is 16.9 Å². The van der Waals surface area contributed by atoms with Crippen LogP contribution in [0.4, 0.5) is 0 Å². The van der Waals surface area contributed by atoms with Gasteiger partial charge in [-0.15, -0.1) is 11.3 Å². The van der Waals surface area contributed by atoms with Gasteiger partial charge in [-0.2, -0.15) is 0 Å². The molecule has 1 N–H and O–H groups in total. The van der Waals surface area contributed by atoms with E-state index in [0.717, 1.165) is 32.1 Å². The predicted octanol–water partition coefficient (Wildman–Crippen LogP) is 6.03. The van der Waals surface area contributed by atoms with E-state index >= 15 is 0 Å². The third kappa shape index (κ3) is 4.69. The lowest BCUT2D eigenvalue weighted by molar-refractivity contribution is 0.268. The summed E-state index contributed by atoms with van der Waals surface area (Å²) in [5.41, 5.74) is 2.86. The standard InChI is InChI=1S/C22H20ClN3O2S2/c1-13(2)9-28-19-8-24-16(7-18(19)27)10-29-21-20-17(11-30-22(20)26-12-25-21)14-3-5-15(23)6-4-14/h3-8,11-13H,9-10H2,1-2H3,(H,24,27). The van der Waals surface area contributed by atoms with E-state index in [1.807, 2.05) is 38.1 Å². The number of halogens is 1. The molecule has 4 aromatic rings. The number of aromatic amines is 1. The van der Waals surface area contributed by atoms with Crippen molar-refractivity contribution >= 4 is 44.9 Å². The lowest BCUT2D eigenvalue weighted by Crippen LogP contribution is -2.13. The Morgan fingerprint density at radius 2 is 2.03 bits per heavy atom. The molecule has 4 rings (SSSR count). The van der Waals surface area contributed by atoms with Gasteiger partial charge in [-0.25, -0.2) is 9.97 Å². The van der Waals surface area contributed by atoms with E-state index in [1.54, 1.807) is 41.7 Å². The maximum absolute atomic E-state index is 12.3. The topological polar surface area (TPSA) is 67.9 Å². The van der Waals surface area contributed by atoms with Crippen LogP contribution < -0.4 is 10.2 Å². The number of ether oxygens (including phenoxy) is 1. The van der Waals surface area contributed by atoms with Crippen LogP contribution in [-0.4, -0.2) is 21.6 Å². The van der Waals surface area contributed by atoms with Gasteiger partial charge in [-0.05, 0) is 23.6 Å². The minimum absolute atomic E-state index is 0.116. The van der Waals surface area contributed by atoms with Gasteiger partial charge in [0.15, 0.2) is 5.75 Å². The van der Waals surface area contributed by atoms with Gasteiger partial charge in [-0.1, -0.05) is 49.3 Å². The molecule has 0 saturated carbocycles. The van der Waals surface area contributed by atoms with Crippen molar-refractivity contribution in [3.05, 3.63) is 69.2 Å². The molecule has 0 unspecified atom stereocenters. The molecular formula is C22H20ClN3O2S2. The minimum Gasteiger partial charge on any atom is -0.488 e. The van der Waals surface area contributed by atoms with E-state index in [2.05, 4.69) is 20.3 Å². The molecule has 0 aliphatic carbocycles. The maximum Gasteiger partial charge on any atom is 0.223 e. The highest BCUT2D eigenvalue weighted by atomic mass is 35.5. The molecule has 3 heterocycles. The van der Waals surface area contributed by atoms with Crippen molar-refractivity contribution in [2.75, 3.05) is 6.61 Å². The zero-order valence-corrected chi connectivity index (χ0v) is 18.9. The molecule has 0 aliphatic heterocycles. The van der Waals surface area contributed by atoms with Gasteiger partial charge in [0.25, 0.3) is 0 Å². The number of benzene rings is 1. The van der Waals surface area contributed by atoms with Crippen LogP contribution in [0.5, 0.6) is 5.75 Å². The van der Waals surface area contributed by atoms with Crippen LogP contribution in [-0.2, 0) is 5.75 Å². The van der Waals surface area contributed by atoms with Crippen LogP contribution in [0.1, 0.15) is 19.5 Å². The molecule has 30 heavy (non-hydrogen) atoms. The Morgan fingerprint density at radius 1 is 1.23 bits per heavy atom. The molecule has 0 radical (unpaired) electrons. The second-order valence-corrected chi connectivity index (χ2v) is 9.45. The number of H-pyrrole nitrogens is 1. The lowest BCUT2D eigenvalue weighted by Gasteiger charge is -2.09. The molecular weight excluding hydrogens is 438 g/mol. The fourth-order valence-corrected chi connectivity index (χ4v) is 4.94. The average molecular weight is 458 g/mol. The fraction of sp³-hybridized carbons (Fsp3) is 0.227. The monoisotopic (exact) mass is 457 g/mol. The number of hydrogen-bond donors (Lipinski definition) is 1. The Morgan fingerprint density at radius 3 is 2.77 bits per heavy atom. The molecule has 5 nitrogen and oxygen atoms in total. The molecule has 3 aromatic heterocycles. The summed E-state index contributed by atoms with van der Waals surface area (Å²) in [5, 5.41) is 4.70. The number of thiophene rings is 1. The van der Waals surface area contributed by atoms with Crippen molar-refractivity contribution in [2.24, 2.45) is 5.92 Å². The highest BCUT2D eigenvalue weighted by Gasteiger charge is 2.14. The van der Waals surface area contributed by atoms with E-state index in [0.29, 0.717) is 29.0 Å². The average Bonchev–Trinajstić information content (AvgIpc) is 3.17. The molecule has 1 aromatic carbocycles. The number of fused-ring (bicyclic) bond motifs is 1. The first-order chi connectivity index (χ1) is 14.5. The van der Waals surface area contributed by atoms with E-state index in [1.165, 1.54) is 0 Å². The summed E-state index contributed by atoms with van der Waals surface area (Å²) >= 11 is 9.20. The summed E-state index contributed by atoms with van der Waals surface area (Å²) in [6.07, 6.45) is 3.22. The summed E-state index contributed by atoms with van der Waals surface area (Å²) < 4.78 is 5.56. The van der Waals surface area contributed by atoms with E-state index in [4.69, 9.17) is 16.3 Å². The Bertz CT molecular complexity index is 1220. The summed E-state index contributed by atoms with van der Waals surface area (Å²) in [6.45, 7) is 4.61. The van der Waals surface area contributed by atoms with Crippen molar-refractivity contribution in [1.82, 2.24) is 15.0 Å². The molecule has 8 heteroatoms. The van der Waals surface area contributed by atoms with E-state index < -0.39 is 0 Å². The Labute approximate surface area is 187 Å². The van der Waals surface area contributed by atoms with E-state index in [-0.39, 0.29) is 5.43 Å². The van der Waals surface area contributed by atoms with Crippen LogP contribution in [0.2, 0.25) is 5.02 Å². The van der Waals surface area contributed by atoms with Crippen molar-refractivity contribution in [1.29, 1.82) is 0 Å². The normalized spacial score (nSPS) is 11.3. The number of nitrogens with one attached hydrogen (secondary N) is 1. The highest BCUT2D eigenvalue weighted by Crippen LogP contribution is 2.38. The smallest absolute Gasteiger partial charge is 0.223 e. The number of nitrogens with zero attached hydrogens (tertiary/aromatic N) is 2. The Balaban J connectivity index is 1.57. The predicted molar refractivity (Wildman–Crippen MR) is 125 cm³/mol. The second kappa shape index (κ2) is 9.20. The van der Waals surface area contributed by atoms with Crippen molar-refractivity contribution < 1.29 is 4.74 Å². The van der Waals surface area contributed by atoms with Crippen LogP contribution in [0, 0.1) is 5.92 Å². The van der Waals surface area contributed by atoms with Crippen molar-refractivity contribution in [2.45, 2.75) is 24.6 Å². The first kappa shape index (κ1) is 20.9. The molecule has 0 fully saturated rings. The second-order valence-electron chi connectivity index (χ2n) is 7.20. The summed E-state index contributed by atoms with van der Waals surface area (Å²) in [4.78, 5) is 25.3. The molecule has 0 aliphatic rings. The zero-order chi connectivity index (χ0) is 21.1. The minimum atomic E-state index is -0.116. The SMILES string of the molecule is CC(C)COc1c[nH]c(CSc2ncnc3scc(-c4ccc(Cl)cc4)c23)cc1=O. The van der Waals surface area contributed by atoms with Crippen LogP contribution in [0.25, 0.3) is 21.3 Å². The Hall–Kier alpha value is -2.35. The molecule has 0 atom stereocenters. The molecule has 0 saturated heterocycles. The number of aromatic nitrogens is 3. The molecule has 0 spiro atoms. The third-order valence-electron chi connectivity index (χ3n) is 4.36. The van der Waals surface area contributed by atoms with Gasteiger partial charge in [-0.3, -0.25) is 4.79 Å². The largest absolute Gasteiger partial charge is 0.488 e. The fourth-order valence-electron chi connectivity index (χ4n) is 2.90. The first-order valence-corrected chi connectivity index (χ1v) is 11.7. The number of thioether (sulfide) groups is 1. The first-order valence-electron chi connectivity index (χ1n) is 9.46. The van der Waals surface area contributed by atoms with Crippen LogP contribution in [0.3, 0.4) is 0 Å². The van der Waals surface area contributed by atoms with Gasteiger partial charge in [0.2, 0.25) is 5.43 Å². The third-order valence-corrected chi connectivity index (χ3v) is 6.54. The van der Waals surface area contributed by atoms with Gasteiger partial charge in [0.1, 0.15) is 16.2 Å². The number of pyridine rings is 1. The summed E-state index contributed by atoms with van der Waals surface area (Å²) in [5.74, 6) is 1.30. The summed E-state index contributed by atoms with van der Waals surface area (Å²) in [6, 6.07) is 9.35. The van der Waals surface area contributed by atoms with Crippen molar-refractivity contribution in [3.63, 3.8) is 0 Å². The quantitative estimate of drug-likeness (QED) is 0.271. The van der Waals surface area contributed by atoms with Gasteiger partial charge in [0, 0.05) is 39.7 Å². The molecule has 0 bridgehead atoms. The van der Waals surface area contributed by atoms with Crippen LogP contribution in [0.15, 0.2) is 58.1 Å². The Kier molecular flexibility index (Phi) is 6.41. The molecule has 0 amide bonds. The number of rotatable bonds is 7. The summed E-state index contributed by atoms with van der Waals surface area (Å²) in [7, 11) is 0. The van der Waals surface area contributed by atoms with Gasteiger partial charge >= 0.3 is 0 Å². The zero-order valence-electron chi connectivity index (χ0n) is 16.5. The van der Waals surface area contributed by atoms with Gasteiger partial charge in [0.05, 0.1) is 12.0 Å². The van der Waals surface area contributed by atoms with Gasteiger partial charge < -0.3 is 9.72 Å². The number of hydrogen-bond acceptors (Lipinski definition) is 6. The maximum atomic E-state index is 12.3. The highest BCUT2D eigenvalue weighted by molar-refractivity contribution is 7.98. The lowest BCUT2D eigenvalue weighted by atomic mass is 10.1. The van der Waals surface area contributed by atoms with Crippen LogP contribution >= 0.6 is 34.7 Å².